The molecule has 0 aliphatic carbocycles. The van der Waals surface area contributed by atoms with Gasteiger partial charge in [-0.05, 0) is 46.3 Å². The van der Waals surface area contributed by atoms with Crippen molar-refractivity contribution in [1.29, 1.82) is 0 Å². The van der Waals surface area contributed by atoms with E-state index in [0.717, 1.165) is 8.95 Å². The van der Waals surface area contributed by atoms with Gasteiger partial charge in [0.1, 0.15) is 5.82 Å². The van der Waals surface area contributed by atoms with Gasteiger partial charge >= 0.3 is 0 Å². The molecule has 0 fully saturated rings. The Labute approximate surface area is 174 Å². The van der Waals surface area contributed by atoms with Crippen molar-refractivity contribution in [3.05, 3.63) is 57.2 Å². The third-order valence-electron chi connectivity index (χ3n) is 3.05. The van der Waals surface area contributed by atoms with Gasteiger partial charge in [-0.15, -0.1) is 10.2 Å². The largest absolute Gasteiger partial charge is 0.328 e. The van der Waals surface area contributed by atoms with E-state index in [0.29, 0.717) is 20.8 Å². The van der Waals surface area contributed by atoms with Crippen molar-refractivity contribution >= 4 is 77.4 Å². The lowest BCUT2D eigenvalue weighted by atomic mass is 10.3. The molecule has 0 atom stereocenters. The van der Waals surface area contributed by atoms with Crippen LogP contribution in [-0.2, 0) is 4.79 Å². The van der Waals surface area contributed by atoms with Crippen molar-refractivity contribution in [2.24, 2.45) is 0 Å². The molecule has 26 heavy (non-hydrogen) atoms. The highest BCUT2D eigenvalue weighted by molar-refractivity contribution is 9.11. The van der Waals surface area contributed by atoms with E-state index < -0.39 is 0 Å². The van der Waals surface area contributed by atoms with Crippen molar-refractivity contribution in [2.45, 2.75) is 4.34 Å². The lowest BCUT2D eigenvalue weighted by Gasteiger charge is -2.06. The third-order valence-corrected chi connectivity index (χ3v) is 6.18. The number of hydrogen-bond donors (Lipinski definition) is 2. The molecular weight excluding hydrogens is 507 g/mol. The second-order valence-electron chi connectivity index (χ2n) is 4.94. The lowest BCUT2D eigenvalue weighted by molar-refractivity contribution is -0.113. The Morgan fingerprint density at radius 2 is 1.96 bits per heavy atom. The highest BCUT2D eigenvalue weighted by Gasteiger charge is 2.11. The van der Waals surface area contributed by atoms with Crippen LogP contribution in [0.5, 0.6) is 0 Å². The summed E-state index contributed by atoms with van der Waals surface area (Å²) < 4.78 is 16.0. The number of hydrogen-bond acceptors (Lipinski definition) is 6. The van der Waals surface area contributed by atoms with E-state index in [9.17, 15) is 9.18 Å². The number of thioether (sulfide) groups is 1. The molecule has 3 aromatic rings. The zero-order valence-electron chi connectivity index (χ0n) is 13.0. The molecule has 1 heterocycles. The normalized spacial score (nSPS) is 10.6. The molecule has 5 nitrogen and oxygen atoms in total. The van der Waals surface area contributed by atoms with Gasteiger partial charge in [-0.1, -0.05) is 51.2 Å². The summed E-state index contributed by atoms with van der Waals surface area (Å²) in [6.07, 6.45) is 0. The number of nitrogens with one attached hydrogen (secondary N) is 2. The summed E-state index contributed by atoms with van der Waals surface area (Å²) in [7, 11) is 0. The molecule has 0 aliphatic heterocycles. The van der Waals surface area contributed by atoms with E-state index in [1.54, 1.807) is 24.3 Å². The quantitative estimate of drug-likeness (QED) is 0.412. The molecule has 3 rings (SSSR count). The standard InChI is InChI=1S/C16H11Br2FN4OS2/c17-9-5-6-12(10(18)7-9)20-14(24)8-25-16-23-22-15(26-16)21-13-4-2-1-3-11(13)19/h1-7H,8H2,(H,20,24)(H,21,22). The maximum atomic E-state index is 13.6. The first-order valence-electron chi connectivity index (χ1n) is 7.24. The number of halogens is 3. The van der Waals surface area contributed by atoms with Crippen molar-refractivity contribution in [1.82, 2.24) is 10.2 Å². The number of anilines is 3. The molecule has 134 valence electrons. The predicted octanol–water partition coefficient (Wildman–Crippen LogP) is 5.68. The highest BCUT2D eigenvalue weighted by atomic mass is 79.9. The SMILES string of the molecule is O=C(CSc1nnc(Nc2ccccc2F)s1)Nc1ccc(Br)cc1Br. The molecule has 2 aromatic carbocycles. The maximum Gasteiger partial charge on any atom is 0.234 e. The van der Waals surface area contributed by atoms with Gasteiger partial charge in [0.15, 0.2) is 4.34 Å². The number of para-hydroxylation sites is 1. The van der Waals surface area contributed by atoms with Gasteiger partial charge in [-0.2, -0.15) is 0 Å². The maximum absolute atomic E-state index is 13.6. The Bertz CT molecular complexity index is 938. The lowest BCUT2D eigenvalue weighted by Crippen LogP contribution is -2.14. The van der Waals surface area contributed by atoms with Gasteiger partial charge in [-0.25, -0.2) is 4.39 Å². The molecule has 0 aliphatic rings. The van der Waals surface area contributed by atoms with Crippen LogP contribution in [-0.4, -0.2) is 21.9 Å². The monoisotopic (exact) mass is 516 g/mol. The van der Waals surface area contributed by atoms with Crippen molar-refractivity contribution < 1.29 is 9.18 Å². The number of carbonyl (C=O) groups excluding carboxylic acids is 1. The molecule has 0 saturated carbocycles. The summed E-state index contributed by atoms with van der Waals surface area (Å²) in [6, 6.07) is 11.8. The highest BCUT2D eigenvalue weighted by Crippen LogP contribution is 2.29. The van der Waals surface area contributed by atoms with Crippen molar-refractivity contribution in [3.63, 3.8) is 0 Å². The van der Waals surface area contributed by atoms with Gasteiger partial charge in [-0.3, -0.25) is 4.79 Å². The average Bonchev–Trinajstić information content (AvgIpc) is 3.05. The van der Waals surface area contributed by atoms with Crippen LogP contribution in [0.3, 0.4) is 0 Å². The van der Waals surface area contributed by atoms with Crippen LogP contribution in [0.25, 0.3) is 0 Å². The number of aromatic nitrogens is 2. The van der Waals surface area contributed by atoms with E-state index in [-0.39, 0.29) is 17.5 Å². The summed E-state index contributed by atoms with van der Waals surface area (Å²) in [5.41, 5.74) is 1.02. The Hall–Kier alpha value is -1.49. The van der Waals surface area contributed by atoms with E-state index in [2.05, 4.69) is 52.7 Å². The number of benzene rings is 2. The van der Waals surface area contributed by atoms with E-state index in [1.807, 2.05) is 12.1 Å². The van der Waals surface area contributed by atoms with Crippen molar-refractivity contribution in [2.75, 3.05) is 16.4 Å². The van der Waals surface area contributed by atoms with E-state index in [4.69, 9.17) is 0 Å². The molecule has 10 heteroatoms. The van der Waals surface area contributed by atoms with Gasteiger partial charge in [0.05, 0.1) is 17.1 Å². The number of nitrogens with zero attached hydrogens (tertiary/aromatic N) is 2. The zero-order valence-corrected chi connectivity index (χ0v) is 17.8. The van der Waals surface area contributed by atoms with Crippen LogP contribution in [0.2, 0.25) is 0 Å². The van der Waals surface area contributed by atoms with Crippen LogP contribution >= 0.6 is 55.0 Å². The fourth-order valence-corrected chi connectivity index (χ4v) is 4.61. The Kier molecular flexibility index (Phi) is 6.63. The number of carbonyl (C=O) groups is 1. The first-order chi connectivity index (χ1) is 12.5. The topological polar surface area (TPSA) is 66.9 Å². The second-order valence-corrected chi connectivity index (χ2v) is 8.91. The van der Waals surface area contributed by atoms with E-state index >= 15 is 0 Å². The summed E-state index contributed by atoms with van der Waals surface area (Å²) in [5.74, 6) is -0.329. The number of rotatable bonds is 6. The second kappa shape index (κ2) is 8.94. The molecule has 0 bridgehead atoms. The molecule has 2 N–H and O–H groups in total. The molecule has 0 unspecified atom stereocenters. The molecule has 1 aromatic heterocycles. The van der Waals surface area contributed by atoms with Crippen LogP contribution in [0, 0.1) is 5.82 Å². The van der Waals surface area contributed by atoms with Gasteiger partial charge < -0.3 is 10.6 Å². The zero-order chi connectivity index (χ0) is 18.5. The third kappa shape index (κ3) is 5.26. The first kappa shape index (κ1) is 19.3. The molecule has 0 radical (unpaired) electrons. The summed E-state index contributed by atoms with van der Waals surface area (Å²) in [5, 5.41) is 14.1. The van der Waals surface area contributed by atoms with Crippen LogP contribution in [0.1, 0.15) is 0 Å². The van der Waals surface area contributed by atoms with Crippen LogP contribution < -0.4 is 10.6 Å². The summed E-state index contributed by atoms with van der Waals surface area (Å²) in [4.78, 5) is 12.1. The minimum atomic E-state index is -0.364. The Morgan fingerprint density at radius 3 is 2.73 bits per heavy atom. The Morgan fingerprint density at radius 1 is 1.15 bits per heavy atom. The minimum absolute atomic E-state index is 0.156. The first-order valence-corrected chi connectivity index (χ1v) is 10.6. The van der Waals surface area contributed by atoms with Gasteiger partial charge in [0, 0.05) is 8.95 Å². The van der Waals surface area contributed by atoms with Gasteiger partial charge in [0.2, 0.25) is 11.0 Å². The molecule has 1 amide bonds. The number of amides is 1. The van der Waals surface area contributed by atoms with Gasteiger partial charge in [0.25, 0.3) is 0 Å². The molecule has 0 spiro atoms. The predicted molar refractivity (Wildman–Crippen MR) is 111 cm³/mol. The summed E-state index contributed by atoms with van der Waals surface area (Å²) >= 11 is 9.29. The Balaban J connectivity index is 1.54. The van der Waals surface area contributed by atoms with E-state index in [1.165, 1.54) is 29.2 Å². The molecule has 0 saturated heterocycles. The smallest absolute Gasteiger partial charge is 0.234 e. The average molecular weight is 518 g/mol. The minimum Gasteiger partial charge on any atom is -0.328 e. The molecular formula is C16H11Br2FN4OS2. The summed E-state index contributed by atoms with van der Waals surface area (Å²) in [6.45, 7) is 0. The van der Waals surface area contributed by atoms with Crippen LogP contribution in [0.4, 0.5) is 20.9 Å². The van der Waals surface area contributed by atoms with Crippen LogP contribution in [0.15, 0.2) is 55.7 Å². The fourth-order valence-electron chi connectivity index (χ4n) is 1.90. The fraction of sp³-hybridized carbons (Fsp3) is 0.0625. The van der Waals surface area contributed by atoms with Crippen molar-refractivity contribution in [3.8, 4) is 0 Å².